The summed E-state index contributed by atoms with van der Waals surface area (Å²) in [7, 11) is 0. The van der Waals surface area contributed by atoms with Crippen LogP contribution >= 0.6 is 39.3 Å². The Morgan fingerprint density at radius 1 is 1.18 bits per heavy atom. The van der Waals surface area contributed by atoms with E-state index < -0.39 is 0 Å². The van der Waals surface area contributed by atoms with E-state index in [0.29, 0.717) is 10.6 Å². The van der Waals surface area contributed by atoms with Gasteiger partial charge in [0, 0.05) is 19.3 Å². The minimum atomic E-state index is 0.657. The van der Waals surface area contributed by atoms with Crippen molar-refractivity contribution in [1.82, 2.24) is 0 Å². The van der Waals surface area contributed by atoms with Crippen molar-refractivity contribution in [2.24, 2.45) is 0 Å². The van der Waals surface area contributed by atoms with Gasteiger partial charge in [0.05, 0.1) is 5.56 Å². The molecular formula is C13H7BrClNS. The molecule has 0 amide bonds. The van der Waals surface area contributed by atoms with E-state index in [1.54, 1.807) is 0 Å². The third-order valence-electron chi connectivity index (χ3n) is 2.09. The van der Waals surface area contributed by atoms with Crippen molar-refractivity contribution in [2.75, 3.05) is 0 Å². The normalized spacial score (nSPS) is 9.94. The lowest BCUT2D eigenvalue weighted by molar-refractivity contribution is 1.34. The summed E-state index contributed by atoms with van der Waals surface area (Å²) in [6.45, 7) is 0. The second-order valence-electron chi connectivity index (χ2n) is 3.31. The zero-order valence-corrected chi connectivity index (χ0v) is 11.8. The number of rotatable bonds is 2. The van der Waals surface area contributed by atoms with Crippen LogP contribution in [0.25, 0.3) is 0 Å². The van der Waals surface area contributed by atoms with Gasteiger partial charge in [-0.3, -0.25) is 0 Å². The summed E-state index contributed by atoms with van der Waals surface area (Å²) in [5, 5.41) is 9.76. The maximum Gasteiger partial charge on any atom is 0.100 e. The summed E-state index contributed by atoms with van der Waals surface area (Å²) < 4.78 is 0.907. The quantitative estimate of drug-likeness (QED) is 0.765. The van der Waals surface area contributed by atoms with Gasteiger partial charge < -0.3 is 0 Å². The summed E-state index contributed by atoms with van der Waals surface area (Å²) in [5.74, 6) is 0. The first kappa shape index (κ1) is 12.5. The number of hydrogen-bond donors (Lipinski definition) is 0. The first-order chi connectivity index (χ1) is 8.19. The molecule has 0 heterocycles. The van der Waals surface area contributed by atoms with Gasteiger partial charge in [0.15, 0.2) is 0 Å². The monoisotopic (exact) mass is 323 g/mol. The molecule has 0 atom stereocenters. The van der Waals surface area contributed by atoms with Gasteiger partial charge in [-0.05, 0) is 36.4 Å². The molecular weight excluding hydrogens is 318 g/mol. The minimum absolute atomic E-state index is 0.657. The van der Waals surface area contributed by atoms with Crippen molar-refractivity contribution in [3.05, 3.63) is 57.5 Å². The highest BCUT2D eigenvalue weighted by molar-refractivity contribution is 9.10. The number of halogens is 2. The summed E-state index contributed by atoms with van der Waals surface area (Å²) >= 11 is 10.8. The average molecular weight is 325 g/mol. The molecule has 4 heteroatoms. The van der Waals surface area contributed by atoms with Gasteiger partial charge in [0.1, 0.15) is 6.07 Å². The Morgan fingerprint density at radius 3 is 2.71 bits per heavy atom. The zero-order valence-electron chi connectivity index (χ0n) is 8.65. The van der Waals surface area contributed by atoms with Crippen LogP contribution in [0.3, 0.4) is 0 Å². The van der Waals surface area contributed by atoms with Crippen molar-refractivity contribution in [2.45, 2.75) is 9.79 Å². The SMILES string of the molecule is N#Cc1cc(Br)ccc1Sc1cccc(Cl)c1. The molecule has 17 heavy (non-hydrogen) atoms. The Labute approximate surface area is 118 Å². The van der Waals surface area contributed by atoms with E-state index in [-0.39, 0.29) is 0 Å². The van der Waals surface area contributed by atoms with Gasteiger partial charge in [-0.2, -0.15) is 5.26 Å². The molecule has 0 aliphatic rings. The topological polar surface area (TPSA) is 23.8 Å². The van der Waals surface area contributed by atoms with E-state index in [9.17, 15) is 0 Å². The largest absolute Gasteiger partial charge is 0.192 e. The number of hydrogen-bond acceptors (Lipinski definition) is 2. The van der Waals surface area contributed by atoms with Crippen LogP contribution in [0.4, 0.5) is 0 Å². The molecule has 2 aromatic rings. The predicted molar refractivity (Wildman–Crippen MR) is 74.4 cm³/mol. The van der Waals surface area contributed by atoms with Crippen LogP contribution in [0.5, 0.6) is 0 Å². The van der Waals surface area contributed by atoms with Crippen molar-refractivity contribution >= 4 is 39.3 Å². The minimum Gasteiger partial charge on any atom is -0.192 e. The Morgan fingerprint density at radius 2 is 2.00 bits per heavy atom. The maximum atomic E-state index is 9.07. The van der Waals surface area contributed by atoms with Gasteiger partial charge in [0.2, 0.25) is 0 Å². The lowest BCUT2D eigenvalue weighted by Gasteiger charge is -2.04. The third kappa shape index (κ3) is 3.26. The first-order valence-electron chi connectivity index (χ1n) is 4.82. The second kappa shape index (κ2) is 5.59. The highest BCUT2D eigenvalue weighted by Crippen LogP contribution is 2.32. The summed E-state index contributed by atoms with van der Waals surface area (Å²) in [6.07, 6.45) is 0. The Kier molecular flexibility index (Phi) is 4.11. The smallest absolute Gasteiger partial charge is 0.100 e. The molecule has 0 unspecified atom stereocenters. The molecule has 0 aliphatic carbocycles. The molecule has 0 spiro atoms. The highest BCUT2D eigenvalue weighted by Gasteiger charge is 2.05. The van der Waals surface area contributed by atoms with E-state index >= 15 is 0 Å². The van der Waals surface area contributed by atoms with Gasteiger partial charge in [-0.1, -0.05) is 45.4 Å². The number of benzene rings is 2. The summed E-state index contributed by atoms with van der Waals surface area (Å²) in [6, 6.07) is 15.4. The number of nitriles is 1. The van der Waals surface area contributed by atoms with Crippen LogP contribution in [0.2, 0.25) is 5.02 Å². The molecule has 0 aromatic heterocycles. The molecule has 0 aliphatic heterocycles. The molecule has 0 fully saturated rings. The van der Waals surface area contributed by atoms with Crippen LogP contribution in [-0.2, 0) is 0 Å². The third-order valence-corrected chi connectivity index (χ3v) is 3.88. The number of nitrogens with zero attached hydrogens (tertiary/aromatic N) is 1. The zero-order chi connectivity index (χ0) is 12.3. The fraction of sp³-hybridized carbons (Fsp3) is 0. The molecule has 2 rings (SSSR count). The molecule has 0 saturated heterocycles. The van der Waals surface area contributed by atoms with Crippen molar-refractivity contribution < 1.29 is 0 Å². The summed E-state index contributed by atoms with van der Waals surface area (Å²) in [5.41, 5.74) is 0.657. The lowest BCUT2D eigenvalue weighted by atomic mass is 10.2. The molecule has 0 saturated carbocycles. The maximum absolute atomic E-state index is 9.07. The van der Waals surface area contributed by atoms with Gasteiger partial charge >= 0.3 is 0 Å². The summed E-state index contributed by atoms with van der Waals surface area (Å²) in [4.78, 5) is 1.95. The molecule has 2 aromatic carbocycles. The van der Waals surface area contributed by atoms with Crippen molar-refractivity contribution in [1.29, 1.82) is 5.26 Å². The fourth-order valence-corrected chi connectivity index (χ4v) is 2.89. The Hall–Kier alpha value is -0.950. The highest BCUT2D eigenvalue weighted by atomic mass is 79.9. The van der Waals surface area contributed by atoms with Crippen LogP contribution in [0.15, 0.2) is 56.7 Å². The van der Waals surface area contributed by atoms with E-state index in [2.05, 4.69) is 22.0 Å². The first-order valence-corrected chi connectivity index (χ1v) is 6.81. The molecule has 84 valence electrons. The van der Waals surface area contributed by atoms with Crippen LogP contribution in [0.1, 0.15) is 5.56 Å². The Bertz CT molecular complexity index is 592. The van der Waals surface area contributed by atoms with Crippen LogP contribution in [0, 0.1) is 11.3 Å². The van der Waals surface area contributed by atoms with Gasteiger partial charge in [-0.25, -0.2) is 0 Å². The van der Waals surface area contributed by atoms with E-state index in [1.807, 2.05) is 42.5 Å². The second-order valence-corrected chi connectivity index (χ2v) is 5.78. The van der Waals surface area contributed by atoms with E-state index in [1.165, 1.54) is 11.8 Å². The molecule has 1 nitrogen and oxygen atoms in total. The lowest BCUT2D eigenvalue weighted by Crippen LogP contribution is -1.81. The van der Waals surface area contributed by atoms with E-state index in [4.69, 9.17) is 16.9 Å². The molecule has 0 bridgehead atoms. The van der Waals surface area contributed by atoms with Crippen LogP contribution < -0.4 is 0 Å². The van der Waals surface area contributed by atoms with Crippen LogP contribution in [-0.4, -0.2) is 0 Å². The predicted octanol–water partition coefficient (Wildman–Crippen LogP) is 5.13. The fourth-order valence-electron chi connectivity index (χ4n) is 1.34. The van der Waals surface area contributed by atoms with Gasteiger partial charge in [-0.15, -0.1) is 0 Å². The molecule has 0 radical (unpaired) electrons. The van der Waals surface area contributed by atoms with Gasteiger partial charge in [0.25, 0.3) is 0 Å². The van der Waals surface area contributed by atoms with E-state index in [0.717, 1.165) is 14.3 Å². The average Bonchev–Trinajstić information content (AvgIpc) is 2.31. The van der Waals surface area contributed by atoms with Crippen molar-refractivity contribution in [3.63, 3.8) is 0 Å². The van der Waals surface area contributed by atoms with Crippen molar-refractivity contribution in [3.8, 4) is 6.07 Å². The standard InChI is InChI=1S/C13H7BrClNS/c14-10-4-5-13(9(6-10)8-16)17-12-3-1-2-11(15)7-12/h1-7H. The Balaban J connectivity index is 2.34. The molecule has 0 N–H and O–H groups in total.